The molecule has 21 heavy (non-hydrogen) atoms. The van der Waals surface area contributed by atoms with Crippen LogP contribution in [0, 0.1) is 6.92 Å². The van der Waals surface area contributed by atoms with Crippen LogP contribution in [0.2, 0.25) is 0 Å². The summed E-state index contributed by atoms with van der Waals surface area (Å²) >= 11 is 1.43. The third-order valence-corrected chi connectivity index (χ3v) is 3.65. The standard InChI is InChI=1S/C13H11N5O2S/c1-8-11(21-7-16-8)13-18-17-10(20-13)6-15-12(19)9-3-2-4-14-5-9/h2-5,7H,6H2,1H3,(H,15,19). The molecule has 3 heterocycles. The minimum absolute atomic E-state index is 0.165. The van der Waals surface area contributed by atoms with Gasteiger partial charge in [-0.2, -0.15) is 0 Å². The number of carbonyl (C=O) groups excluding carboxylic acids is 1. The molecule has 3 aromatic rings. The summed E-state index contributed by atoms with van der Waals surface area (Å²) in [7, 11) is 0. The van der Waals surface area contributed by atoms with Gasteiger partial charge in [-0.05, 0) is 19.1 Å². The summed E-state index contributed by atoms with van der Waals surface area (Å²) in [5.41, 5.74) is 3.05. The monoisotopic (exact) mass is 301 g/mol. The van der Waals surface area contributed by atoms with E-state index in [4.69, 9.17) is 4.42 Å². The van der Waals surface area contributed by atoms with E-state index in [9.17, 15) is 4.79 Å². The van der Waals surface area contributed by atoms with Crippen LogP contribution in [0.1, 0.15) is 21.9 Å². The van der Waals surface area contributed by atoms with Crippen molar-refractivity contribution in [2.24, 2.45) is 0 Å². The van der Waals surface area contributed by atoms with Crippen LogP contribution in [-0.2, 0) is 6.54 Å². The summed E-state index contributed by atoms with van der Waals surface area (Å²) in [6.07, 6.45) is 3.10. The molecule has 0 fully saturated rings. The molecule has 7 nitrogen and oxygen atoms in total. The van der Waals surface area contributed by atoms with Crippen LogP contribution < -0.4 is 5.32 Å². The number of nitrogens with one attached hydrogen (secondary N) is 1. The Bertz CT molecular complexity index is 753. The molecule has 0 unspecified atom stereocenters. The Morgan fingerprint density at radius 2 is 2.33 bits per heavy atom. The van der Waals surface area contributed by atoms with Crippen LogP contribution >= 0.6 is 11.3 Å². The highest BCUT2D eigenvalue weighted by molar-refractivity contribution is 7.13. The lowest BCUT2D eigenvalue weighted by molar-refractivity contribution is 0.0947. The van der Waals surface area contributed by atoms with Gasteiger partial charge in [0.2, 0.25) is 5.89 Å². The third-order valence-electron chi connectivity index (χ3n) is 2.73. The second-order valence-corrected chi connectivity index (χ2v) is 5.05. The average Bonchev–Trinajstić information content (AvgIpc) is 3.14. The fraction of sp³-hybridized carbons (Fsp3) is 0.154. The summed E-state index contributed by atoms with van der Waals surface area (Å²) in [4.78, 5) is 20.7. The van der Waals surface area contributed by atoms with E-state index in [1.165, 1.54) is 17.5 Å². The van der Waals surface area contributed by atoms with E-state index >= 15 is 0 Å². The van der Waals surface area contributed by atoms with Crippen LogP contribution in [0.15, 0.2) is 34.5 Å². The van der Waals surface area contributed by atoms with Crippen LogP contribution in [0.25, 0.3) is 10.8 Å². The van der Waals surface area contributed by atoms with E-state index in [1.54, 1.807) is 23.8 Å². The molecule has 1 amide bonds. The topological polar surface area (TPSA) is 93.8 Å². The lowest BCUT2D eigenvalue weighted by Crippen LogP contribution is -2.23. The summed E-state index contributed by atoms with van der Waals surface area (Å²) in [6.45, 7) is 2.04. The van der Waals surface area contributed by atoms with Crippen LogP contribution in [0.3, 0.4) is 0 Å². The van der Waals surface area contributed by atoms with Gasteiger partial charge in [-0.15, -0.1) is 21.5 Å². The molecule has 106 valence electrons. The number of amides is 1. The van der Waals surface area contributed by atoms with Crippen molar-refractivity contribution in [3.05, 3.63) is 47.2 Å². The van der Waals surface area contributed by atoms with Crippen molar-refractivity contribution in [3.63, 3.8) is 0 Å². The largest absolute Gasteiger partial charge is 0.418 e. The number of carbonyl (C=O) groups is 1. The molecule has 0 aliphatic carbocycles. The molecule has 3 rings (SSSR count). The Balaban J connectivity index is 1.66. The first-order chi connectivity index (χ1) is 10.2. The van der Waals surface area contributed by atoms with Gasteiger partial charge in [-0.1, -0.05) is 0 Å². The number of hydrogen-bond donors (Lipinski definition) is 1. The second-order valence-electron chi connectivity index (χ2n) is 4.19. The summed E-state index contributed by atoms with van der Waals surface area (Å²) < 4.78 is 5.51. The molecule has 0 saturated heterocycles. The van der Waals surface area contributed by atoms with E-state index in [1.807, 2.05) is 6.92 Å². The summed E-state index contributed by atoms with van der Waals surface area (Å²) in [6, 6.07) is 3.38. The number of pyridine rings is 1. The zero-order valence-corrected chi connectivity index (χ0v) is 11.9. The van der Waals surface area contributed by atoms with Gasteiger partial charge in [0.15, 0.2) is 0 Å². The normalized spacial score (nSPS) is 10.5. The number of rotatable bonds is 4. The van der Waals surface area contributed by atoms with Gasteiger partial charge < -0.3 is 9.73 Å². The van der Waals surface area contributed by atoms with Gasteiger partial charge >= 0.3 is 0 Å². The average molecular weight is 301 g/mol. The Morgan fingerprint density at radius 3 is 3.05 bits per heavy atom. The van der Waals surface area contributed by atoms with Crippen LogP contribution in [-0.4, -0.2) is 26.1 Å². The number of aryl methyl sites for hydroxylation is 1. The van der Waals surface area contributed by atoms with E-state index in [0.717, 1.165) is 10.6 Å². The maximum atomic E-state index is 11.9. The number of nitrogens with zero attached hydrogens (tertiary/aromatic N) is 4. The lowest BCUT2D eigenvalue weighted by Gasteiger charge is -2.01. The molecule has 0 radical (unpaired) electrons. The zero-order chi connectivity index (χ0) is 14.7. The smallest absolute Gasteiger partial charge is 0.259 e. The highest BCUT2D eigenvalue weighted by Crippen LogP contribution is 2.25. The Morgan fingerprint density at radius 1 is 1.43 bits per heavy atom. The number of thiazole rings is 1. The molecule has 0 atom stereocenters. The number of aromatic nitrogens is 4. The quantitative estimate of drug-likeness (QED) is 0.790. The predicted molar refractivity (Wildman–Crippen MR) is 75.6 cm³/mol. The SMILES string of the molecule is Cc1ncsc1-c1nnc(CNC(=O)c2cccnc2)o1. The minimum Gasteiger partial charge on any atom is -0.418 e. The maximum absolute atomic E-state index is 11.9. The van der Waals surface area contributed by atoms with Gasteiger partial charge in [0, 0.05) is 12.4 Å². The van der Waals surface area contributed by atoms with Gasteiger partial charge in [-0.25, -0.2) is 4.98 Å². The van der Waals surface area contributed by atoms with Crippen molar-refractivity contribution in [2.45, 2.75) is 13.5 Å². The van der Waals surface area contributed by atoms with Gasteiger partial charge in [-0.3, -0.25) is 9.78 Å². The van der Waals surface area contributed by atoms with Gasteiger partial charge in [0.1, 0.15) is 4.88 Å². The first-order valence-electron chi connectivity index (χ1n) is 6.15. The molecule has 0 aliphatic heterocycles. The van der Waals surface area contributed by atoms with E-state index < -0.39 is 0 Å². The Hall–Kier alpha value is -2.61. The van der Waals surface area contributed by atoms with Crippen molar-refractivity contribution in [1.29, 1.82) is 0 Å². The highest BCUT2D eigenvalue weighted by atomic mass is 32.1. The third kappa shape index (κ3) is 2.95. The zero-order valence-electron chi connectivity index (χ0n) is 11.1. The molecule has 0 aromatic carbocycles. The minimum atomic E-state index is -0.239. The molecule has 1 N–H and O–H groups in total. The molecule has 0 saturated carbocycles. The van der Waals surface area contributed by atoms with Crippen molar-refractivity contribution < 1.29 is 9.21 Å². The first-order valence-corrected chi connectivity index (χ1v) is 7.03. The number of hydrogen-bond acceptors (Lipinski definition) is 7. The molecule has 0 spiro atoms. The predicted octanol–water partition coefficient (Wildman–Crippen LogP) is 1.83. The highest BCUT2D eigenvalue weighted by Gasteiger charge is 2.14. The molecular formula is C13H11N5O2S. The van der Waals surface area contributed by atoms with E-state index in [2.05, 4.69) is 25.5 Å². The van der Waals surface area contributed by atoms with Crippen molar-refractivity contribution in [1.82, 2.24) is 25.5 Å². The fourth-order valence-corrected chi connectivity index (χ4v) is 2.40. The molecule has 0 bridgehead atoms. The molecular weight excluding hydrogens is 290 g/mol. The van der Waals surface area contributed by atoms with Gasteiger partial charge in [0.25, 0.3) is 11.8 Å². The maximum Gasteiger partial charge on any atom is 0.259 e. The molecule has 3 aromatic heterocycles. The first kappa shape index (κ1) is 13.4. The van der Waals surface area contributed by atoms with E-state index in [-0.39, 0.29) is 12.5 Å². The summed E-state index contributed by atoms with van der Waals surface area (Å²) in [5.74, 6) is 0.521. The Kier molecular flexibility index (Phi) is 3.69. The van der Waals surface area contributed by atoms with E-state index in [0.29, 0.717) is 17.3 Å². The second kappa shape index (κ2) is 5.80. The van der Waals surface area contributed by atoms with Crippen molar-refractivity contribution >= 4 is 17.2 Å². The summed E-state index contributed by atoms with van der Waals surface area (Å²) in [5, 5.41) is 10.6. The van der Waals surface area contributed by atoms with Crippen molar-refractivity contribution in [3.8, 4) is 10.8 Å². The Labute approximate surface area is 124 Å². The van der Waals surface area contributed by atoms with Crippen molar-refractivity contribution in [2.75, 3.05) is 0 Å². The van der Waals surface area contributed by atoms with Gasteiger partial charge in [0.05, 0.1) is 23.3 Å². The van der Waals surface area contributed by atoms with Crippen LogP contribution in [0.4, 0.5) is 0 Å². The molecule has 8 heteroatoms. The fourth-order valence-electron chi connectivity index (χ4n) is 1.68. The lowest BCUT2D eigenvalue weighted by atomic mass is 10.3. The molecule has 0 aliphatic rings. The van der Waals surface area contributed by atoms with Crippen LogP contribution in [0.5, 0.6) is 0 Å².